The first-order valence-electron chi connectivity index (χ1n) is 24.9. The van der Waals surface area contributed by atoms with E-state index in [2.05, 4.69) is 41.6 Å². The number of carbonyl (C=O) groups excluding carboxylic acids is 3. The molecule has 2 aromatic carbocycles. The van der Waals surface area contributed by atoms with Gasteiger partial charge >= 0.3 is 38.3 Å². The predicted octanol–water partition coefficient (Wildman–Crippen LogP) is 7.48. The molecule has 0 radical (unpaired) electrons. The molecule has 23 nitrogen and oxygen atoms in total. The van der Waals surface area contributed by atoms with Crippen LogP contribution in [0.15, 0.2) is 42.5 Å². The molecule has 37 heteroatoms. The lowest BCUT2D eigenvalue weighted by Gasteiger charge is -2.34. The summed E-state index contributed by atoms with van der Waals surface area (Å²) in [4.78, 5) is 77.0. The van der Waals surface area contributed by atoms with Gasteiger partial charge < -0.3 is 34.7 Å². The van der Waals surface area contributed by atoms with Crippen molar-refractivity contribution in [1.82, 2.24) is 39.7 Å². The number of benzene rings is 2. The SMILES string of the molecule is CN(CCN(CCC(=O)O)C(=O)N(c1nn(CC(F)(F)F)c2c(-c3ccc(C#CC(C)(C)S(C)(=O)=O)nc3[C@H](Cc3cc(F)cc(F)c3)NC(=O)Cn3nc(C(F)(F)F)c4c3C(F)(F)[C@@H]3CC[C@H]43)ccc(Cl)c12)S(C)(=O)=O)C(=O)OCOP(=O)(O)O. The smallest absolute Gasteiger partial charge is 0.472 e. The topological polar surface area (TPSA) is 303 Å². The van der Waals surface area contributed by atoms with E-state index in [0.717, 1.165) is 49.7 Å². The first-order valence-corrected chi connectivity index (χ1v) is 30.5. The van der Waals surface area contributed by atoms with Gasteiger partial charge in [0.15, 0.2) is 21.3 Å². The van der Waals surface area contributed by atoms with Crippen molar-refractivity contribution in [1.29, 1.82) is 0 Å². The number of hydrogen-bond acceptors (Lipinski definition) is 14. The van der Waals surface area contributed by atoms with Crippen LogP contribution >= 0.6 is 19.4 Å². The van der Waals surface area contributed by atoms with Crippen molar-refractivity contribution in [3.05, 3.63) is 93.0 Å². The van der Waals surface area contributed by atoms with E-state index in [0.29, 0.717) is 22.1 Å². The van der Waals surface area contributed by atoms with E-state index in [-0.39, 0.29) is 32.1 Å². The number of urea groups is 1. The molecule has 2 aliphatic rings. The zero-order valence-electron chi connectivity index (χ0n) is 45.2. The van der Waals surface area contributed by atoms with E-state index in [4.69, 9.17) is 21.4 Å². The number of rotatable bonds is 20. The number of carboxylic acid groups (broad SMARTS) is 1. The molecule has 4 amide bonds. The number of amides is 4. The van der Waals surface area contributed by atoms with E-state index >= 15 is 8.78 Å². The molecule has 5 aromatic rings. The maximum absolute atomic E-state index is 16.0. The predicted molar refractivity (Wildman–Crippen MR) is 281 cm³/mol. The number of pyridine rings is 1. The van der Waals surface area contributed by atoms with Gasteiger partial charge in [0, 0.05) is 61.6 Å². The third kappa shape index (κ3) is 14.8. The fourth-order valence-corrected chi connectivity index (χ4v) is 10.9. The maximum atomic E-state index is 16.0. The number of alkyl halides is 8. The van der Waals surface area contributed by atoms with Gasteiger partial charge in [-0.3, -0.25) is 19.0 Å². The molecule has 7 rings (SSSR count). The van der Waals surface area contributed by atoms with Gasteiger partial charge in [-0.05, 0) is 80.8 Å². The van der Waals surface area contributed by atoms with Crippen LogP contribution in [0.4, 0.5) is 59.3 Å². The minimum atomic E-state index is -5.29. The van der Waals surface area contributed by atoms with E-state index in [1.807, 2.05) is 0 Å². The monoisotopic (exact) mass is 1310 g/mol. The van der Waals surface area contributed by atoms with Gasteiger partial charge in [0.05, 0.1) is 40.3 Å². The van der Waals surface area contributed by atoms with Crippen molar-refractivity contribution in [2.75, 3.05) is 50.3 Å². The van der Waals surface area contributed by atoms with Gasteiger partial charge in [0.25, 0.3) is 5.92 Å². The molecule has 3 atom stereocenters. The molecule has 3 heterocycles. The Balaban J connectivity index is 1.45. The van der Waals surface area contributed by atoms with Gasteiger partial charge in [-0.1, -0.05) is 23.6 Å². The van der Waals surface area contributed by atoms with Gasteiger partial charge in [-0.2, -0.15) is 49.6 Å². The fraction of sp³-hybridized carbons (Fsp3) is 0.449. The summed E-state index contributed by atoms with van der Waals surface area (Å²) in [5.41, 5.74) is -6.73. The summed E-state index contributed by atoms with van der Waals surface area (Å²) in [6, 6.07) is 2.42. The Morgan fingerprint density at radius 1 is 0.930 bits per heavy atom. The normalized spacial score (nSPS) is 16.3. The van der Waals surface area contributed by atoms with E-state index < -0.39 is 218 Å². The minimum absolute atomic E-state index is 0.0619. The van der Waals surface area contributed by atoms with E-state index in [1.165, 1.54) is 13.8 Å². The number of carboxylic acids is 1. The van der Waals surface area contributed by atoms with Crippen LogP contribution in [-0.2, 0) is 74.9 Å². The van der Waals surface area contributed by atoms with Crippen molar-refractivity contribution >= 4 is 80.0 Å². The number of hydrogen-bond donors (Lipinski definition) is 4. The quantitative estimate of drug-likeness (QED) is 0.0254. The number of nitrogens with zero attached hydrogens (tertiary/aromatic N) is 8. The number of aliphatic carboxylic acids is 1. The van der Waals surface area contributed by atoms with Crippen molar-refractivity contribution in [2.45, 2.75) is 87.6 Å². The molecule has 2 aliphatic carbocycles. The summed E-state index contributed by atoms with van der Waals surface area (Å²) in [5.74, 6) is -8.32. The molecule has 1 fully saturated rings. The largest absolute Gasteiger partial charge is 0.481 e. The number of nitrogens with one attached hydrogen (secondary N) is 1. The number of fused-ring (bicyclic) bond motifs is 4. The zero-order chi connectivity index (χ0) is 64.2. The lowest BCUT2D eigenvalue weighted by atomic mass is 9.73. The van der Waals surface area contributed by atoms with Crippen LogP contribution in [0.25, 0.3) is 22.0 Å². The first kappa shape index (κ1) is 66.4. The van der Waals surface area contributed by atoms with Crippen LogP contribution in [0.2, 0.25) is 5.02 Å². The number of ether oxygens (including phenoxy) is 1. The Labute approximate surface area is 486 Å². The Morgan fingerprint density at radius 3 is 2.13 bits per heavy atom. The summed E-state index contributed by atoms with van der Waals surface area (Å²) in [7, 11) is -13.3. The molecule has 0 unspecified atom stereocenters. The molecular formula is C49H49ClF10N9O14PS2. The summed E-state index contributed by atoms with van der Waals surface area (Å²) in [6.45, 7) is -4.77. The zero-order valence-corrected chi connectivity index (χ0v) is 48.5. The third-order valence-corrected chi connectivity index (χ3v) is 17.5. The van der Waals surface area contributed by atoms with Crippen LogP contribution < -0.4 is 9.62 Å². The number of anilines is 1. The lowest BCUT2D eigenvalue weighted by Crippen LogP contribution is -2.49. The van der Waals surface area contributed by atoms with Gasteiger partial charge in [-0.15, -0.1) is 0 Å². The lowest BCUT2D eigenvalue weighted by molar-refractivity contribution is -0.144. The molecule has 0 aliphatic heterocycles. The molecular weight excluding hydrogens is 1260 g/mol. The molecule has 0 spiro atoms. The first-order chi connectivity index (χ1) is 39.5. The average molecular weight is 1310 g/mol. The molecule has 0 bridgehead atoms. The fourth-order valence-electron chi connectivity index (χ4n) is 9.43. The van der Waals surface area contributed by atoms with E-state index in [1.54, 1.807) is 0 Å². The Kier molecular flexibility index (Phi) is 18.7. The van der Waals surface area contributed by atoms with Crippen LogP contribution in [0.5, 0.6) is 0 Å². The number of halogens is 11. The van der Waals surface area contributed by atoms with Crippen LogP contribution in [0, 0.1) is 29.4 Å². The molecule has 0 saturated heterocycles. The average Bonchev–Trinajstić information content (AvgIpc) is 1.54. The number of sulfone groups is 1. The van der Waals surface area contributed by atoms with Gasteiger partial charge in [-0.25, -0.2) is 49.3 Å². The Morgan fingerprint density at radius 2 is 1.57 bits per heavy atom. The number of carbonyl (C=O) groups is 4. The summed E-state index contributed by atoms with van der Waals surface area (Å²) >= 11 is 6.72. The van der Waals surface area contributed by atoms with Gasteiger partial charge in [0.1, 0.15) is 40.9 Å². The highest BCUT2D eigenvalue weighted by Crippen LogP contribution is 2.64. The van der Waals surface area contributed by atoms with Crippen LogP contribution in [-0.4, -0.2) is 147 Å². The second kappa shape index (κ2) is 24.2. The summed E-state index contributed by atoms with van der Waals surface area (Å²) in [6.07, 6.45) is -12.7. The van der Waals surface area contributed by atoms with Gasteiger partial charge in [0.2, 0.25) is 22.7 Å². The maximum Gasteiger partial charge on any atom is 0.472 e. The number of phosphoric ester groups is 1. The summed E-state index contributed by atoms with van der Waals surface area (Å²) in [5, 5.41) is 17.9. The van der Waals surface area contributed by atoms with Crippen molar-refractivity contribution in [3.63, 3.8) is 0 Å². The third-order valence-electron chi connectivity index (χ3n) is 13.8. The highest BCUT2D eigenvalue weighted by Gasteiger charge is 2.63. The number of likely N-dealkylation sites (N-methyl/N-ethyl adjacent to an activating group) is 1. The highest BCUT2D eigenvalue weighted by atomic mass is 35.5. The second-order valence-electron chi connectivity index (χ2n) is 20.4. The summed E-state index contributed by atoms with van der Waals surface area (Å²) < 4.78 is 221. The van der Waals surface area contributed by atoms with Crippen LogP contribution in [0.3, 0.4) is 0 Å². The van der Waals surface area contributed by atoms with Crippen molar-refractivity contribution in [3.8, 4) is 23.0 Å². The van der Waals surface area contributed by atoms with Crippen molar-refractivity contribution < 1.29 is 109 Å². The number of aromatic nitrogens is 5. The molecule has 1 saturated carbocycles. The molecule has 86 heavy (non-hydrogen) atoms. The molecule has 468 valence electrons. The molecule has 3 aromatic heterocycles. The molecule has 4 N–H and O–H groups in total. The highest BCUT2D eigenvalue weighted by molar-refractivity contribution is 7.93. The number of sulfonamides is 1. The standard InChI is InChI=1S/C49H49ClF10N9O14PS2/c1-46(2,85(4,78)79)14-12-28-6-7-29(39(61-28)34(20-25-18-26(51)21-27(52)19-25)62-35(70)22-67-42-37(41(63-67)49(58,59)60)31-8-10-32(31)48(42,56)57)30-9-11-33(50)38-40(30)68(23-47(53,54)55)64-43(38)69(86(5,80)81)44(73)66(15-13-36(71)72)17-16-65(3)45(74)82-24-83-84(75,76)77/h6-7,9,11,18-19,21,31-32,34H,8,10,13,15-17,20,22-24H2,1-5H3,(H,62,70)(H,71,72)(H2,75,76,77)/t31-,32+,34-/m0/s1. The Bertz CT molecular complexity index is 3870. The van der Waals surface area contributed by atoms with Crippen molar-refractivity contribution in [2.24, 2.45) is 5.92 Å². The minimum Gasteiger partial charge on any atom is -0.481 e. The second-order valence-corrected chi connectivity index (χ2v) is 26.4. The number of phosphoric acid groups is 1. The Hall–Kier alpha value is -7.09. The van der Waals surface area contributed by atoms with E-state index in [9.17, 15) is 80.8 Å². The van der Waals surface area contributed by atoms with Crippen LogP contribution in [0.1, 0.15) is 79.0 Å².